The minimum Gasteiger partial charge on any atom is -0.479 e. The van der Waals surface area contributed by atoms with Gasteiger partial charge in [-0.25, -0.2) is 9.78 Å². The summed E-state index contributed by atoms with van der Waals surface area (Å²) >= 11 is 1.29. The van der Waals surface area contributed by atoms with Crippen molar-refractivity contribution in [2.24, 2.45) is 0 Å². The molecule has 1 unspecified atom stereocenters. The van der Waals surface area contributed by atoms with Crippen molar-refractivity contribution >= 4 is 38.6 Å². The molecular formula is C12H13N3O4S. The smallest absolute Gasteiger partial charge is 0.334 e. The first-order valence-electron chi connectivity index (χ1n) is 5.71. The third-order valence-corrected chi connectivity index (χ3v) is 3.52. The Labute approximate surface area is 118 Å². The Balaban J connectivity index is 2.09. The number of nitrogen functional groups attached to an aromatic ring is 1. The highest BCUT2D eigenvalue weighted by Gasteiger charge is 2.18. The molecule has 0 aliphatic rings. The van der Waals surface area contributed by atoms with Gasteiger partial charge in [0.2, 0.25) is 0 Å². The Morgan fingerprint density at radius 3 is 2.95 bits per heavy atom. The number of benzene rings is 1. The number of aromatic nitrogens is 1. The maximum Gasteiger partial charge on any atom is 0.334 e. The molecule has 0 radical (unpaired) electrons. The average Bonchev–Trinajstić information content (AvgIpc) is 2.77. The maximum atomic E-state index is 11.9. The zero-order chi connectivity index (χ0) is 14.7. The second-order valence-electron chi connectivity index (χ2n) is 4.01. The fourth-order valence-electron chi connectivity index (χ4n) is 1.64. The summed E-state index contributed by atoms with van der Waals surface area (Å²) in [6.07, 6.45) is -1.07. The Morgan fingerprint density at radius 2 is 2.30 bits per heavy atom. The van der Waals surface area contributed by atoms with E-state index < -0.39 is 12.1 Å². The van der Waals surface area contributed by atoms with Crippen LogP contribution in [0.5, 0.6) is 0 Å². The minimum atomic E-state index is -1.13. The second kappa shape index (κ2) is 5.85. The van der Waals surface area contributed by atoms with Gasteiger partial charge in [0.25, 0.3) is 5.91 Å². The summed E-state index contributed by atoms with van der Waals surface area (Å²) in [6, 6.07) is 4.97. The monoisotopic (exact) mass is 295 g/mol. The van der Waals surface area contributed by atoms with Gasteiger partial charge in [0, 0.05) is 12.7 Å². The number of thiazole rings is 1. The van der Waals surface area contributed by atoms with Crippen molar-refractivity contribution in [3.05, 3.63) is 23.8 Å². The second-order valence-corrected chi connectivity index (χ2v) is 5.07. The summed E-state index contributed by atoms with van der Waals surface area (Å²) in [5, 5.41) is 11.7. The number of hydrogen-bond acceptors (Lipinski definition) is 6. The van der Waals surface area contributed by atoms with Gasteiger partial charge < -0.3 is 20.9 Å². The van der Waals surface area contributed by atoms with Gasteiger partial charge in [-0.3, -0.25) is 4.79 Å². The van der Waals surface area contributed by atoms with Crippen LogP contribution in [0.25, 0.3) is 10.2 Å². The molecule has 0 saturated carbocycles. The summed E-state index contributed by atoms with van der Waals surface area (Å²) in [5.41, 5.74) is 6.74. The summed E-state index contributed by atoms with van der Waals surface area (Å²) < 4.78 is 5.54. The first-order chi connectivity index (χ1) is 9.51. The van der Waals surface area contributed by atoms with Crippen molar-refractivity contribution in [2.45, 2.75) is 6.10 Å². The van der Waals surface area contributed by atoms with E-state index in [1.807, 2.05) is 0 Å². The van der Waals surface area contributed by atoms with Crippen LogP contribution >= 0.6 is 11.3 Å². The number of carboxylic acid groups (broad SMARTS) is 1. The fraction of sp³-hybridized carbons (Fsp3) is 0.250. The predicted octanol–water partition coefficient (Wildman–Crippen LogP) is 0.708. The number of fused-ring (bicyclic) bond motifs is 1. The quantitative estimate of drug-likeness (QED) is 0.748. The van der Waals surface area contributed by atoms with Crippen molar-refractivity contribution < 1.29 is 19.4 Å². The molecule has 0 aliphatic heterocycles. The van der Waals surface area contributed by atoms with Gasteiger partial charge in [-0.05, 0) is 18.2 Å². The molecule has 2 aromatic rings. The van der Waals surface area contributed by atoms with E-state index in [1.54, 1.807) is 18.2 Å². The first-order valence-corrected chi connectivity index (χ1v) is 6.52. The lowest BCUT2D eigenvalue weighted by Crippen LogP contribution is -2.37. The number of ether oxygens (including phenoxy) is 1. The van der Waals surface area contributed by atoms with Crippen molar-refractivity contribution in [2.75, 3.05) is 19.4 Å². The molecular weight excluding hydrogens is 282 g/mol. The number of nitrogens with two attached hydrogens (primary N) is 1. The highest BCUT2D eigenvalue weighted by atomic mass is 32.1. The zero-order valence-electron chi connectivity index (χ0n) is 10.6. The summed E-state index contributed by atoms with van der Waals surface area (Å²) in [4.78, 5) is 26.8. The lowest BCUT2D eigenvalue weighted by Gasteiger charge is -2.11. The lowest BCUT2D eigenvalue weighted by atomic mass is 10.2. The van der Waals surface area contributed by atoms with Gasteiger partial charge >= 0.3 is 5.97 Å². The third-order valence-electron chi connectivity index (χ3n) is 2.68. The normalized spacial score (nSPS) is 12.2. The van der Waals surface area contributed by atoms with Crippen LogP contribution in [0.4, 0.5) is 5.13 Å². The Hall–Kier alpha value is -2.19. The van der Waals surface area contributed by atoms with E-state index >= 15 is 0 Å². The number of carbonyl (C=O) groups excluding carboxylic acids is 1. The Kier molecular flexibility index (Phi) is 4.16. The maximum absolute atomic E-state index is 11.9. The molecule has 106 valence electrons. The number of nitrogens with zero attached hydrogens (tertiary/aromatic N) is 1. The van der Waals surface area contributed by atoms with Crippen LogP contribution in [0.15, 0.2) is 18.2 Å². The van der Waals surface area contributed by atoms with E-state index in [0.29, 0.717) is 10.7 Å². The molecule has 1 aromatic carbocycles. The summed E-state index contributed by atoms with van der Waals surface area (Å²) in [6.45, 7) is -0.104. The minimum absolute atomic E-state index is 0.104. The van der Waals surface area contributed by atoms with Gasteiger partial charge in [-0.15, -0.1) is 0 Å². The molecule has 20 heavy (non-hydrogen) atoms. The first kappa shape index (κ1) is 14.2. The van der Waals surface area contributed by atoms with Crippen LogP contribution in [0, 0.1) is 0 Å². The average molecular weight is 295 g/mol. The van der Waals surface area contributed by atoms with Crippen LogP contribution in [0.3, 0.4) is 0 Å². The van der Waals surface area contributed by atoms with Crippen LogP contribution in [-0.2, 0) is 9.53 Å². The molecule has 7 nitrogen and oxygen atoms in total. The molecule has 0 bridgehead atoms. The molecule has 1 aromatic heterocycles. The predicted molar refractivity (Wildman–Crippen MR) is 74.8 cm³/mol. The summed E-state index contributed by atoms with van der Waals surface area (Å²) in [7, 11) is 1.27. The van der Waals surface area contributed by atoms with E-state index in [2.05, 4.69) is 10.3 Å². The number of amides is 1. The molecule has 8 heteroatoms. The Bertz CT molecular complexity index is 655. The largest absolute Gasteiger partial charge is 0.479 e. The van der Waals surface area contributed by atoms with E-state index in [0.717, 1.165) is 10.2 Å². The standard InChI is InChI=1S/C12H13N3O4S/c1-19-8(11(17)18)5-14-10(16)6-2-3-7-9(4-6)20-12(13)15-7/h2-4,8H,5H2,1H3,(H2,13,15)(H,14,16)(H,17,18). The summed E-state index contributed by atoms with van der Waals surface area (Å²) in [5.74, 6) is -1.50. The van der Waals surface area contributed by atoms with Crippen molar-refractivity contribution in [3.8, 4) is 0 Å². The topological polar surface area (TPSA) is 115 Å². The third kappa shape index (κ3) is 3.03. The van der Waals surface area contributed by atoms with Gasteiger partial charge in [0.1, 0.15) is 0 Å². The molecule has 1 amide bonds. The van der Waals surface area contributed by atoms with Gasteiger partial charge in [0.05, 0.1) is 16.8 Å². The SMILES string of the molecule is COC(CNC(=O)c1ccc2nc(N)sc2c1)C(=O)O. The van der Waals surface area contributed by atoms with Crippen molar-refractivity contribution in [3.63, 3.8) is 0 Å². The van der Waals surface area contributed by atoms with Crippen molar-refractivity contribution in [1.29, 1.82) is 0 Å². The van der Waals surface area contributed by atoms with Gasteiger partial charge in [0.15, 0.2) is 11.2 Å². The van der Waals surface area contributed by atoms with Crippen LogP contribution in [0.2, 0.25) is 0 Å². The number of carboxylic acids is 1. The van der Waals surface area contributed by atoms with Crippen LogP contribution < -0.4 is 11.1 Å². The molecule has 2 rings (SSSR count). The molecule has 4 N–H and O–H groups in total. The molecule has 1 heterocycles. The molecule has 0 fully saturated rings. The molecule has 0 spiro atoms. The number of rotatable bonds is 5. The zero-order valence-corrected chi connectivity index (χ0v) is 11.4. The highest BCUT2D eigenvalue weighted by molar-refractivity contribution is 7.22. The van der Waals surface area contributed by atoms with E-state index in [-0.39, 0.29) is 12.5 Å². The van der Waals surface area contributed by atoms with E-state index in [9.17, 15) is 9.59 Å². The van der Waals surface area contributed by atoms with Gasteiger partial charge in [-0.1, -0.05) is 11.3 Å². The highest BCUT2D eigenvalue weighted by Crippen LogP contribution is 2.24. The number of nitrogens with one attached hydrogen (secondary N) is 1. The van der Waals surface area contributed by atoms with Crippen molar-refractivity contribution in [1.82, 2.24) is 10.3 Å². The van der Waals surface area contributed by atoms with E-state index in [1.165, 1.54) is 18.4 Å². The number of carbonyl (C=O) groups is 2. The lowest BCUT2D eigenvalue weighted by molar-refractivity contribution is -0.148. The van der Waals surface area contributed by atoms with Gasteiger partial charge in [-0.2, -0.15) is 0 Å². The molecule has 1 atom stereocenters. The number of methoxy groups -OCH3 is 1. The molecule has 0 aliphatic carbocycles. The fourth-order valence-corrected chi connectivity index (χ4v) is 2.42. The number of hydrogen-bond donors (Lipinski definition) is 3. The van der Waals surface area contributed by atoms with Crippen LogP contribution in [-0.4, -0.2) is 41.7 Å². The van der Waals surface area contributed by atoms with E-state index in [4.69, 9.17) is 15.6 Å². The van der Waals surface area contributed by atoms with Crippen LogP contribution in [0.1, 0.15) is 10.4 Å². The molecule has 0 saturated heterocycles. The number of anilines is 1. The number of aliphatic carboxylic acids is 1. The Morgan fingerprint density at radius 1 is 1.55 bits per heavy atom.